The zero-order valence-electron chi connectivity index (χ0n) is 7.00. The summed E-state index contributed by atoms with van der Waals surface area (Å²) in [4.78, 5) is 1.15. The molecule has 0 aliphatic carbocycles. The number of thioether (sulfide) groups is 1. The Hall–Kier alpha value is -0.380. The molecule has 0 atom stereocenters. The van der Waals surface area contributed by atoms with E-state index in [0.29, 0.717) is 0 Å². The van der Waals surface area contributed by atoms with Crippen molar-refractivity contribution < 1.29 is 0 Å². The van der Waals surface area contributed by atoms with Crippen LogP contribution in [0.25, 0.3) is 10.1 Å². The minimum absolute atomic E-state index is 0.790. The van der Waals surface area contributed by atoms with Gasteiger partial charge in [0.2, 0.25) is 0 Å². The summed E-state index contributed by atoms with van der Waals surface area (Å²) in [7, 11) is 0. The van der Waals surface area contributed by atoms with E-state index in [9.17, 15) is 0 Å². The first-order chi connectivity index (χ1) is 6.22. The molecule has 0 fully saturated rings. The van der Waals surface area contributed by atoms with Gasteiger partial charge in [0.15, 0.2) is 0 Å². The number of nitrogen functional groups attached to an aromatic ring is 1. The zero-order chi connectivity index (χ0) is 9.42. The Bertz CT molecular complexity index is 450. The maximum absolute atomic E-state index is 6.08. The lowest BCUT2D eigenvalue weighted by molar-refractivity contribution is 1.66. The van der Waals surface area contributed by atoms with Crippen LogP contribution in [-0.2, 0) is 0 Å². The van der Waals surface area contributed by atoms with Gasteiger partial charge in [-0.05, 0) is 18.4 Å². The third kappa shape index (κ3) is 1.52. The largest absolute Gasteiger partial charge is 0.399 e. The summed E-state index contributed by atoms with van der Waals surface area (Å²) in [5, 5.41) is 1.21. The molecule has 4 heteroatoms. The number of fused-ring (bicyclic) bond motifs is 1. The first-order valence-electron chi connectivity index (χ1n) is 3.74. The smallest absolute Gasteiger partial charge is 0.108 e. The lowest BCUT2D eigenvalue weighted by Gasteiger charge is -1.95. The average Bonchev–Trinajstić information content (AvgIpc) is 2.39. The van der Waals surface area contributed by atoms with E-state index in [1.807, 2.05) is 24.5 Å². The maximum Gasteiger partial charge on any atom is 0.108 e. The molecular weight excluding hydrogens is 222 g/mol. The number of halogens is 1. The van der Waals surface area contributed by atoms with Gasteiger partial charge in [0.05, 0.1) is 0 Å². The molecule has 0 radical (unpaired) electrons. The fourth-order valence-electron chi connectivity index (χ4n) is 1.25. The minimum Gasteiger partial charge on any atom is -0.399 e. The van der Waals surface area contributed by atoms with E-state index in [4.69, 9.17) is 17.3 Å². The van der Waals surface area contributed by atoms with Crippen LogP contribution in [0.15, 0.2) is 23.1 Å². The third-order valence-electron chi connectivity index (χ3n) is 1.83. The highest BCUT2D eigenvalue weighted by molar-refractivity contribution is 7.99. The van der Waals surface area contributed by atoms with Gasteiger partial charge in [0.25, 0.3) is 0 Å². The van der Waals surface area contributed by atoms with Crippen LogP contribution in [0.5, 0.6) is 0 Å². The molecule has 0 saturated carbocycles. The molecule has 0 spiro atoms. The highest BCUT2D eigenvalue weighted by Gasteiger charge is 2.08. The van der Waals surface area contributed by atoms with Crippen molar-refractivity contribution in [3.8, 4) is 0 Å². The number of thiophene rings is 1. The fraction of sp³-hybridized carbons (Fsp3) is 0.111. The average molecular weight is 230 g/mol. The molecule has 13 heavy (non-hydrogen) atoms. The summed E-state index contributed by atoms with van der Waals surface area (Å²) in [6.07, 6.45) is 2.03. The van der Waals surface area contributed by atoms with Gasteiger partial charge in [0, 0.05) is 20.7 Å². The minimum atomic E-state index is 0.790. The van der Waals surface area contributed by atoms with E-state index >= 15 is 0 Å². The van der Waals surface area contributed by atoms with E-state index in [2.05, 4.69) is 0 Å². The van der Waals surface area contributed by atoms with Crippen LogP contribution in [0.1, 0.15) is 0 Å². The molecule has 2 rings (SSSR count). The molecule has 2 N–H and O–H groups in total. The van der Waals surface area contributed by atoms with Gasteiger partial charge in [-0.1, -0.05) is 17.7 Å². The maximum atomic E-state index is 6.08. The Morgan fingerprint density at radius 2 is 2.23 bits per heavy atom. The highest BCUT2D eigenvalue weighted by Crippen LogP contribution is 2.41. The molecule has 0 aliphatic rings. The lowest BCUT2D eigenvalue weighted by Crippen LogP contribution is -1.81. The van der Waals surface area contributed by atoms with Crippen molar-refractivity contribution in [1.29, 1.82) is 0 Å². The summed E-state index contributed by atoms with van der Waals surface area (Å²) in [6, 6.07) is 5.90. The Morgan fingerprint density at radius 3 is 2.92 bits per heavy atom. The van der Waals surface area contributed by atoms with E-state index < -0.39 is 0 Å². The van der Waals surface area contributed by atoms with Crippen molar-refractivity contribution in [1.82, 2.24) is 0 Å². The van der Waals surface area contributed by atoms with Gasteiger partial charge < -0.3 is 5.73 Å². The Labute approximate surface area is 89.9 Å². The number of anilines is 1. The molecule has 0 aliphatic heterocycles. The van der Waals surface area contributed by atoms with E-state index in [1.165, 1.54) is 5.39 Å². The first kappa shape index (κ1) is 9.19. The lowest BCUT2D eigenvalue weighted by atomic mass is 10.2. The monoisotopic (exact) mass is 229 g/mol. The SMILES string of the molecule is CSc1c(Cl)sc2cc(N)ccc12. The number of hydrogen-bond acceptors (Lipinski definition) is 3. The van der Waals surface area contributed by atoms with Crippen LogP contribution in [0.3, 0.4) is 0 Å². The standard InChI is InChI=1S/C9H8ClNS2/c1-12-8-6-3-2-5(11)4-7(6)13-9(8)10/h2-4H,11H2,1H3. The highest BCUT2D eigenvalue weighted by atomic mass is 35.5. The second-order valence-corrected chi connectivity index (χ2v) is 5.14. The Morgan fingerprint density at radius 1 is 1.46 bits per heavy atom. The van der Waals surface area contributed by atoms with Crippen molar-refractivity contribution in [2.24, 2.45) is 0 Å². The number of benzene rings is 1. The van der Waals surface area contributed by atoms with Crippen molar-refractivity contribution in [2.45, 2.75) is 4.90 Å². The van der Waals surface area contributed by atoms with Gasteiger partial charge in [-0.2, -0.15) is 0 Å². The molecule has 1 aromatic carbocycles. The van der Waals surface area contributed by atoms with Crippen LogP contribution in [0.2, 0.25) is 4.34 Å². The van der Waals surface area contributed by atoms with Crippen LogP contribution >= 0.6 is 34.7 Å². The van der Waals surface area contributed by atoms with Crippen molar-refractivity contribution >= 4 is 50.5 Å². The molecule has 68 valence electrons. The predicted molar refractivity (Wildman–Crippen MR) is 63.0 cm³/mol. The normalized spacial score (nSPS) is 10.9. The molecule has 0 unspecified atom stereocenters. The zero-order valence-corrected chi connectivity index (χ0v) is 9.39. The van der Waals surface area contributed by atoms with Crippen LogP contribution in [0.4, 0.5) is 5.69 Å². The first-order valence-corrected chi connectivity index (χ1v) is 6.16. The van der Waals surface area contributed by atoms with Crippen molar-refractivity contribution in [2.75, 3.05) is 12.0 Å². The molecule has 0 saturated heterocycles. The topological polar surface area (TPSA) is 26.0 Å². The molecular formula is C9H8ClNS2. The van der Waals surface area contributed by atoms with Gasteiger partial charge >= 0.3 is 0 Å². The molecule has 1 aromatic heterocycles. The Kier molecular flexibility index (Phi) is 2.41. The van der Waals surface area contributed by atoms with E-state index in [1.54, 1.807) is 23.1 Å². The van der Waals surface area contributed by atoms with Gasteiger partial charge in [-0.15, -0.1) is 23.1 Å². The fourth-order valence-corrected chi connectivity index (χ4v) is 3.70. The van der Waals surface area contributed by atoms with Gasteiger partial charge in [0.1, 0.15) is 4.34 Å². The summed E-state index contributed by atoms with van der Waals surface area (Å²) >= 11 is 9.33. The molecule has 1 heterocycles. The summed E-state index contributed by atoms with van der Waals surface area (Å²) < 4.78 is 2.02. The predicted octanol–water partition coefficient (Wildman–Crippen LogP) is 3.86. The number of nitrogens with two attached hydrogens (primary N) is 1. The van der Waals surface area contributed by atoms with Crippen molar-refractivity contribution in [3.63, 3.8) is 0 Å². The quantitative estimate of drug-likeness (QED) is 0.594. The van der Waals surface area contributed by atoms with Gasteiger partial charge in [-0.3, -0.25) is 0 Å². The second-order valence-electron chi connectivity index (χ2n) is 2.66. The van der Waals surface area contributed by atoms with E-state index in [0.717, 1.165) is 19.6 Å². The van der Waals surface area contributed by atoms with Crippen LogP contribution in [0, 0.1) is 0 Å². The molecule has 1 nitrogen and oxygen atoms in total. The Balaban J connectivity index is 2.79. The van der Waals surface area contributed by atoms with Crippen LogP contribution < -0.4 is 5.73 Å². The number of hydrogen-bond donors (Lipinski definition) is 1. The summed E-state index contributed by atoms with van der Waals surface area (Å²) in [5.74, 6) is 0. The molecule has 0 amide bonds. The van der Waals surface area contributed by atoms with Crippen molar-refractivity contribution in [3.05, 3.63) is 22.5 Å². The third-order valence-corrected chi connectivity index (χ3v) is 4.27. The van der Waals surface area contributed by atoms with Gasteiger partial charge in [-0.25, -0.2) is 0 Å². The molecule has 0 bridgehead atoms. The number of rotatable bonds is 1. The van der Waals surface area contributed by atoms with E-state index in [-0.39, 0.29) is 0 Å². The van der Waals surface area contributed by atoms with Crippen LogP contribution in [-0.4, -0.2) is 6.26 Å². The molecule has 2 aromatic rings. The second kappa shape index (κ2) is 3.40. The summed E-state index contributed by atoms with van der Waals surface area (Å²) in [5.41, 5.74) is 6.47. The summed E-state index contributed by atoms with van der Waals surface area (Å²) in [6.45, 7) is 0.